The molecular weight excluding hydrogens is 294 g/mol. The van der Waals surface area contributed by atoms with Gasteiger partial charge in [0, 0.05) is 5.56 Å². The number of rotatable bonds is 6. The van der Waals surface area contributed by atoms with Crippen molar-refractivity contribution < 1.29 is 14.7 Å². The Morgan fingerprint density at radius 2 is 2.17 bits per heavy atom. The first-order valence-corrected chi connectivity index (χ1v) is 6.80. The largest absolute Gasteiger partial charge is 0.503 e. The molecule has 0 bridgehead atoms. The van der Waals surface area contributed by atoms with Gasteiger partial charge in [-0.25, -0.2) is 0 Å². The average molecular weight is 315 g/mol. The van der Waals surface area contributed by atoms with E-state index in [4.69, 9.17) is 4.74 Å². The van der Waals surface area contributed by atoms with Crippen molar-refractivity contribution in [1.82, 2.24) is 0 Å². The number of aromatic hydroxyl groups is 1. The van der Waals surface area contributed by atoms with Gasteiger partial charge in [-0.3, -0.25) is 0 Å². The van der Waals surface area contributed by atoms with E-state index in [2.05, 4.69) is 29.4 Å². The fraction of sp³-hybridized carbons (Fsp3) is 0.429. The van der Waals surface area contributed by atoms with Crippen molar-refractivity contribution in [3.63, 3.8) is 0 Å². The third-order valence-electron chi connectivity index (χ3n) is 2.81. The molecule has 1 aromatic rings. The number of likely N-dealkylation sites (N-methyl/N-ethyl adjacent to an activating group) is 1. The summed E-state index contributed by atoms with van der Waals surface area (Å²) in [6.45, 7) is 11.0. The summed E-state index contributed by atoms with van der Waals surface area (Å²) in [5.74, 6) is 0.657. The van der Waals surface area contributed by atoms with E-state index in [1.54, 1.807) is 7.11 Å². The van der Waals surface area contributed by atoms with Crippen LogP contribution in [0, 0.1) is 0 Å². The predicted octanol–water partition coefficient (Wildman–Crippen LogP) is 2.14. The molecule has 3 nitrogen and oxygen atoms in total. The Kier molecular flexibility index (Phi) is 5.69. The zero-order chi connectivity index (χ0) is 13.7. The number of nitrogens with one attached hydrogen (secondary N) is 1. The number of phenols is 1. The molecule has 0 aliphatic heterocycles. The number of hydrogen-bond donors (Lipinski definition) is 2. The van der Waals surface area contributed by atoms with Gasteiger partial charge >= 0.3 is 0 Å². The molecule has 1 aromatic carbocycles. The Morgan fingerprint density at radius 1 is 1.50 bits per heavy atom. The number of halogens is 1. The average Bonchev–Trinajstić information content (AvgIpc) is 2.32. The van der Waals surface area contributed by atoms with E-state index in [1.165, 1.54) is 10.5 Å². The predicted molar refractivity (Wildman–Crippen MR) is 77.2 cm³/mol. The van der Waals surface area contributed by atoms with Crippen LogP contribution in [0.5, 0.6) is 11.5 Å². The summed E-state index contributed by atoms with van der Waals surface area (Å²) in [5.41, 5.74) is 2.31. The van der Waals surface area contributed by atoms with Crippen molar-refractivity contribution in [3.05, 3.63) is 34.3 Å². The van der Waals surface area contributed by atoms with Crippen LogP contribution >= 0.6 is 15.9 Å². The van der Waals surface area contributed by atoms with Gasteiger partial charge in [0.1, 0.15) is 6.54 Å². The Hall–Kier alpha value is -1.00. The molecule has 18 heavy (non-hydrogen) atoms. The third kappa shape index (κ3) is 4.03. The first kappa shape index (κ1) is 15.1. The van der Waals surface area contributed by atoms with Crippen molar-refractivity contribution in [1.29, 1.82) is 0 Å². The van der Waals surface area contributed by atoms with E-state index in [0.717, 1.165) is 25.2 Å². The molecule has 2 N–H and O–H groups in total. The van der Waals surface area contributed by atoms with Crippen molar-refractivity contribution in [2.75, 3.05) is 20.2 Å². The van der Waals surface area contributed by atoms with Crippen LogP contribution in [-0.4, -0.2) is 25.3 Å². The van der Waals surface area contributed by atoms with Crippen LogP contribution in [0.4, 0.5) is 0 Å². The van der Waals surface area contributed by atoms with E-state index < -0.39 is 0 Å². The number of hydrogen-bond acceptors (Lipinski definition) is 2. The first-order chi connectivity index (χ1) is 8.47. The fourth-order valence-electron chi connectivity index (χ4n) is 1.91. The van der Waals surface area contributed by atoms with Gasteiger partial charge in [0.05, 0.1) is 24.7 Å². The molecule has 100 valence electrons. The van der Waals surface area contributed by atoms with Crippen LogP contribution in [0.25, 0.3) is 0 Å². The quantitative estimate of drug-likeness (QED) is 0.789. The van der Waals surface area contributed by atoms with Gasteiger partial charge in [0.2, 0.25) is 0 Å². The molecule has 1 unspecified atom stereocenters. The first-order valence-electron chi connectivity index (χ1n) is 6.01. The second kappa shape index (κ2) is 6.81. The summed E-state index contributed by atoms with van der Waals surface area (Å²) in [7, 11) is 1.56. The van der Waals surface area contributed by atoms with Crippen LogP contribution in [0.15, 0.2) is 28.8 Å². The highest BCUT2D eigenvalue weighted by atomic mass is 79.9. The second-order valence-corrected chi connectivity index (χ2v) is 5.40. The van der Waals surface area contributed by atoms with Gasteiger partial charge in [-0.05, 0) is 47.5 Å². The van der Waals surface area contributed by atoms with E-state index in [0.29, 0.717) is 10.2 Å². The fourth-order valence-corrected chi connectivity index (χ4v) is 2.40. The molecule has 0 spiro atoms. The smallest absolute Gasteiger partial charge is 0.172 e. The van der Waals surface area contributed by atoms with Gasteiger partial charge in [0.15, 0.2) is 11.5 Å². The normalized spacial score (nSPS) is 12.2. The molecule has 0 saturated carbocycles. The molecule has 4 heteroatoms. The SMILES string of the molecule is C=C(C)C[NH+](CC)Cc1cc(Br)c(O)c(OC)c1. The molecule has 0 saturated heterocycles. The molecule has 0 aliphatic rings. The molecule has 0 amide bonds. The summed E-state index contributed by atoms with van der Waals surface area (Å²) >= 11 is 3.34. The Labute approximate surface area is 117 Å². The van der Waals surface area contributed by atoms with E-state index >= 15 is 0 Å². The van der Waals surface area contributed by atoms with Crippen LogP contribution < -0.4 is 9.64 Å². The molecule has 0 radical (unpaired) electrons. The molecule has 0 aromatic heterocycles. The minimum Gasteiger partial charge on any atom is -0.503 e. The Bertz CT molecular complexity index is 432. The molecule has 0 aliphatic carbocycles. The minimum absolute atomic E-state index is 0.152. The maximum atomic E-state index is 9.77. The number of ether oxygens (including phenoxy) is 1. The monoisotopic (exact) mass is 314 g/mol. The lowest BCUT2D eigenvalue weighted by Crippen LogP contribution is -3.10. The summed E-state index contributed by atoms with van der Waals surface area (Å²) in [6, 6.07) is 3.82. The molecular formula is C14H21BrNO2+. The van der Waals surface area contributed by atoms with Crippen LogP contribution in [-0.2, 0) is 6.54 Å². The Morgan fingerprint density at radius 3 is 2.67 bits per heavy atom. The number of benzene rings is 1. The van der Waals surface area contributed by atoms with Crippen molar-refractivity contribution >= 4 is 15.9 Å². The number of phenolic OH excluding ortho intramolecular Hbond substituents is 1. The lowest BCUT2D eigenvalue weighted by Gasteiger charge is -2.18. The maximum Gasteiger partial charge on any atom is 0.172 e. The lowest BCUT2D eigenvalue weighted by molar-refractivity contribution is -0.907. The number of methoxy groups -OCH3 is 1. The molecule has 0 heterocycles. The topological polar surface area (TPSA) is 33.9 Å². The Balaban J connectivity index is 2.89. The zero-order valence-electron chi connectivity index (χ0n) is 11.2. The van der Waals surface area contributed by atoms with Gasteiger partial charge < -0.3 is 14.7 Å². The highest BCUT2D eigenvalue weighted by molar-refractivity contribution is 9.10. The van der Waals surface area contributed by atoms with E-state index in [9.17, 15) is 5.11 Å². The van der Waals surface area contributed by atoms with Gasteiger partial charge in [-0.15, -0.1) is 0 Å². The second-order valence-electron chi connectivity index (χ2n) is 4.54. The van der Waals surface area contributed by atoms with Crippen molar-refractivity contribution in [3.8, 4) is 11.5 Å². The third-order valence-corrected chi connectivity index (χ3v) is 3.42. The molecule has 1 atom stereocenters. The maximum absolute atomic E-state index is 9.77. The standard InChI is InChI=1S/C14H20BrNO2/c1-5-16(8-10(2)3)9-11-6-12(15)14(17)13(7-11)18-4/h6-7,17H,2,5,8-9H2,1,3-4H3/p+1. The van der Waals surface area contributed by atoms with Crippen LogP contribution in [0.1, 0.15) is 19.4 Å². The summed E-state index contributed by atoms with van der Waals surface area (Å²) in [4.78, 5) is 1.43. The van der Waals surface area contributed by atoms with E-state index in [1.807, 2.05) is 19.1 Å². The highest BCUT2D eigenvalue weighted by Crippen LogP contribution is 2.34. The summed E-state index contributed by atoms with van der Waals surface area (Å²) in [6.07, 6.45) is 0. The summed E-state index contributed by atoms with van der Waals surface area (Å²) in [5, 5.41) is 9.77. The molecule has 0 fully saturated rings. The van der Waals surface area contributed by atoms with Gasteiger partial charge in [0.25, 0.3) is 0 Å². The zero-order valence-corrected chi connectivity index (χ0v) is 12.8. The molecule has 1 rings (SSSR count). The minimum atomic E-state index is 0.152. The summed E-state index contributed by atoms with van der Waals surface area (Å²) < 4.78 is 5.83. The van der Waals surface area contributed by atoms with Crippen molar-refractivity contribution in [2.24, 2.45) is 0 Å². The van der Waals surface area contributed by atoms with Gasteiger partial charge in [-0.2, -0.15) is 0 Å². The highest BCUT2D eigenvalue weighted by Gasteiger charge is 2.13. The van der Waals surface area contributed by atoms with Crippen molar-refractivity contribution in [2.45, 2.75) is 20.4 Å². The lowest BCUT2D eigenvalue weighted by atomic mass is 10.1. The number of quaternary nitrogens is 1. The van der Waals surface area contributed by atoms with E-state index in [-0.39, 0.29) is 5.75 Å². The van der Waals surface area contributed by atoms with Gasteiger partial charge in [-0.1, -0.05) is 6.58 Å². The van der Waals surface area contributed by atoms with Crippen LogP contribution in [0.2, 0.25) is 0 Å². The van der Waals surface area contributed by atoms with Crippen LogP contribution in [0.3, 0.4) is 0 Å².